The Balaban J connectivity index is 2.19. The van der Waals surface area contributed by atoms with E-state index in [1.807, 2.05) is 12.1 Å². The zero-order valence-corrected chi connectivity index (χ0v) is 9.64. The van der Waals surface area contributed by atoms with Crippen molar-refractivity contribution in [1.29, 1.82) is 0 Å². The van der Waals surface area contributed by atoms with Gasteiger partial charge in [-0.3, -0.25) is 0 Å². The molecule has 1 saturated heterocycles. The second-order valence-electron chi connectivity index (χ2n) is 4.05. The summed E-state index contributed by atoms with van der Waals surface area (Å²) in [5.41, 5.74) is 1.04. The van der Waals surface area contributed by atoms with Gasteiger partial charge in [0.25, 0.3) is 0 Å². The third-order valence-corrected chi connectivity index (χ3v) is 2.85. The summed E-state index contributed by atoms with van der Waals surface area (Å²) in [7, 11) is 3.62. The summed E-state index contributed by atoms with van der Waals surface area (Å²) in [6, 6.07) is 5.35. The molecule has 1 aromatic carbocycles. The number of ether oxygens (including phenoxy) is 2. The van der Waals surface area contributed by atoms with Crippen molar-refractivity contribution in [3.8, 4) is 11.5 Å². The molecule has 0 aliphatic carbocycles. The van der Waals surface area contributed by atoms with E-state index < -0.39 is 0 Å². The molecule has 0 radical (unpaired) electrons. The van der Waals surface area contributed by atoms with Crippen LogP contribution in [-0.2, 0) is 4.74 Å². The van der Waals surface area contributed by atoms with Gasteiger partial charge >= 0.3 is 0 Å². The minimum atomic E-state index is 0.0632. The number of rotatable bonds is 2. The minimum Gasteiger partial charge on any atom is -0.504 e. The van der Waals surface area contributed by atoms with E-state index >= 15 is 0 Å². The molecule has 0 spiro atoms. The number of benzene rings is 1. The lowest BCUT2D eigenvalue weighted by Gasteiger charge is -2.30. The highest BCUT2D eigenvalue weighted by Gasteiger charge is 2.20. The lowest BCUT2D eigenvalue weighted by Crippen LogP contribution is -2.35. The third kappa shape index (κ3) is 2.28. The molecule has 1 atom stereocenters. The number of phenols is 1. The Morgan fingerprint density at radius 3 is 3.00 bits per heavy atom. The molecule has 88 valence electrons. The molecule has 0 amide bonds. The van der Waals surface area contributed by atoms with Crippen molar-refractivity contribution in [2.75, 3.05) is 33.9 Å². The Hall–Kier alpha value is -1.26. The van der Waals surface area contributed by atoms with Crippen LogP contribution in [0.25, 0.3) is 0 Å². The fourth-order valence-corrected chi connectivity index (χ4v) is 1.87. The standard InChI is InChI=1S/C12H17NO3/c1-13-5-6-16-12(8-13)9-3-4-10(14)11(7-9)15-2/h3-4,7,12,14H,5-6,8H2,1-2H3. The number of methoxy groups -OCH3 is 1. The molecule has 1 N–H and O–H groups in total. The smallest absolute Gasteiger partial charge is 0.160 e. The number of hydrogen-bond donors (Lipinski definition) is 1. The van der Waals surface area contributed by atoms with E-state index in [1.54, 1.807) is 13.2 Å². The first kappa shape index (κ1) is 11.2. The van der Waals surface area contributed by atoms with Gasteiger partial charge in [-0.2, -0.15) is 0 Å². The number of morpholine rings is 1. The molecule has 4 nitrogen and oxygen atoms in total. The fourth-order valence-electron chi connectivity index (χ4n) is 1.87. The van der Waals surface area contributed by atoms with Gasteiger partial charge in [0, 0.05) is 13.1 Å². The molecule has 0 bridgehead atoms. The molecule has 1 fully saturated rings. The van der Waals surface area contributed by atoms with Crippen LogP contribution in [0.3, 0.4) is 0 Å². The highest BCUT2D eigenvalue weighted by Crippen LogP contribution is 2.31. The average molecular weight is 223 g/mol. The zero-order chi connectivity index (χ0) is 11.5. The van der Waals surface area contributed by atoms with Crippen molar-refractivity contribution in [2.45, 2.75) is 6.10 Å². The second-order valence-corrected chi connectivity index (χ2v) is 4.05. The van der Waals surface area contributed by atoms with Gasteiger partial charge in [0.1, 0.15) is 0 Å². The molecule has 1 unspecified atom stereocenters. The largest absolute Gasteiger partial charge is 0.504 e. The SMILES string of the molecule is COc1cc(C2CN(C)CCO2)ccc1O. The first-order valence-corrected chi connectivity index (χ1v) is 5.37. The first-order chi connectivity index (χ1) is 7.70. The number of phenolic OH excluding ortho intramolecular Hbond substituents is 1. The molecule has 2 rings (SSSR count). The molecule has 1 aliphatic heterocycles. The molecular weight excluding hydrogens is 206 g/mol. The van der Waals surface area contributed by atoms with Crippen LogP contribution in [-0.4, -0.2) is 43.9 Å². The van der Waals surface area contributed by atoms with Gasteiger partial charge in [-0.05, 0) is 24.7 Å². The van der Waals surface area contributed by atoms with Gasteiger partial charge in [-0.25, -0.2) is 0 Å². The van der Waals surface area contributed by atoms with Crippen molar-refractivity contribution in [3.63, 3.8) is 0 Å². The van der Waals surface area contributed by atoms with E-state index in [1.165, 1.54) is 0 Å². The van der Waals surface area contributed by atoms with E-state index in [4.69, 9.17) is 9.47 Å². The van der Waals surface area contributed by atoms with E-state index in [9.17, 15) is 5.11 Å². The van der Waals surface area contributed by atoms with Crippen LogP contribution in [0.5, 0.6) is 11.5 Å². The summed E-state index contributed by atoms with van der Waals surface area (Å²) in [5, 5.41) is 9.51. The van der Waals surface area contributed by atoms with Crippen molar-refractivity contribution in [1.82, 2.24) is 4.90 Å². The Bertz CT molecular complexity index is 367. The van der Waals surface area contributed by atoms with Gasteiger partial charge in [-0.1, -0.05) is 6.07 Å². The lowest BCUT2D eigenvalue weighted by molar-refractivity contribution is -0.0209. The van der Waals surface area contributed by atoms with Gasteiger partial charge in [-0.15, -0.1) is 0 Å². The van der Waals surface area contributed by atoms with Gasteiger partial charge in [0.2, 0.25) is 0 Å². The van der Waals surface area contributed by atoms with Crippen LogP contribution in [0.15, 0.2) is 18.2 Å². The summed E-state index contributed by atoms with van der Waals surface area (Å²) < 4.78 is 10.8. The Kier molecular flexibility index (Phi) is 3.31. The molecule has 1 aliphatic rings. The van der Waals surface area contributed by atoms with E-state index in [0.29, 0.717) is 5.75 Å². The van der Waals surface area contributed by atoms with Crippen molar-refractivity contribution < 1.29 is 14.6 Å². The quantitative estimate of drug-likeness (QED) is 0.823. The third-order valence-electron chi connectivity index (χ3n) is 2.85. The van der Waals surface area contributed by atoms with Gasteiger partial charge in [0.15, 0.2) is 11.5 Å². The van der Waals surface area contributed by atoms with Crippen LogP contribution < -0.4 is 4.74 Å². The summed E-state index contributed by atoms with van der Waals surface area (Å²) in [5.74, 6) is 0.657. The Morgan fingerprint density at radius 2 is 2.31 bits per heavy atom. The highest BCUT2D eigenvalue weighted by atomic mass is 16.5. The Morgan fingerprint density at radius 1 is 1.50 bits per heavy atom. The summed E-state index contributed by atoms with van der Waals surface area (Å²) in [6.45, 7) is 2.57. The molecular formula is C12H17NO3. The van der Waals surface area contributed by atoms with Crippen LogP contribution in [0.2, 0.25) is 0 Å². The number of hydrogen-bond acceptors (Lipinski definition) is 4. The number of nitrogens with zero attached hydrogens (tertiary/aromatic N) is 1. The maximum absolute atomic E-state index is 9.51. The summed E-state index contributed by atoms with van der Waals surface area (Å²) in [6.07, 6.45) is 0.0632. The van der Waals surface area contributed by atoms with Crippen LogP contribution >= 0.6 is 0 Å². The van der Waals surface area contributed by atoms with Gasteiger partial charge in [0.05, 0.1) is 19.8 Å². The maximum atomic E-state index is 9.51. The zero-order valence-electron chi connectivity index (χ0n) is 9.64. The minimum absolute atomic E-state index is 0.0632. The molecule has 1 aromatic rings. The Labute approximate surface area is 95.4 Å². The number of likely N-dealkylation sites (N-methyl/N-ethyl adjacent to an activating group) is 1. The van der Waals surface area contributed by atoms with Crippen LogP contribution in [0, 0.1) is 0 Å². The monoisotopic (exact) mass is 223 g/mol. The number of aromatic hydroxyl groups is 1. The van der Waals surface area contributed by atoms with E-state index in [2.05, 4.69) is 11.9 Å². The molecule has 4 heteroatoms. The van der Waals surface area contributed by atoms with E-state index in [0.717, 1.165) is 25.3 Å². The maximum Gasteiger partial charge on any atom is 0.160 e. The summed E-state index contributed by atoms with van der Waals surface area (Å²) in [4.78, 5) is 2.23. The fraction of sp³-hybridized carbons (Fsp3) is 0.500. The van der Waals surface area contributed by atoms with E-state index in [-0.39, 0.29) is 11.9 Å². The normalized spacial score (nSPS) is 22.0. The van der Waals surface area contributed by atoms with Crippen molar-refractivity contribution >= 4 is 0 Å². The predicted octanol–water partition coefficient (Wildman–Crippen LogP) is 1.40. The lowest BCUT2D eigenvalue weighted by atomic mass is 10.1. The van der Waals surface area contributed by atoms with Crippen LogP contribution in [0.1, 0.15) is 11.7 Å². The first-order valence-electron chi connectivity index (χ1n) is 5.37. The molecule has 16 heavy (non-hydrogen) atoms. The summed E-state index contributed by atoms with van der Waals surface area (Å²) >= 11 is 0. The van der Waals surface area contributed by atoms with Crippen molar-refractivity contribution in [3.05, 3.63) is 23.8 Å². The predicted molar refractivity (Wildman–Crippen MR) is 60.8 cm³/mol. The molecule has 0 aromatic heterocycles. The highest BCUT2D eigenvalue weighted by molar-refractivity contribution is 5.42. The topological polar surface area (TPSA) is 41.9 Å². The van der Waals surface area contributed by atoms with Crippen LogP contribution in [0.4, 0.5) is 0 Å². The second kappa shape index (κ2) is 4.72. The van der Waals surface area contributed by atoms with Gasteiger partial charge < -0.3 is 19.5 Å². The average Bonchev–Trinajstić information content (AvgIpc) is 2.29. The van der Waals surface area contributed by atoms with Crippen molar-refractivity contribution in [2.24, 2.45) is 0 Å². The molecule has 1 heterocycles. The molecule has 0 saturated carbocycles.